The van der Waals surface area contributed by atoms with Crippen molar-refractivity contribution in [1.29, 1.82) is 0 Å². The van der Waals surface area contributed by atoms with Gasteiger partial charge in [0.15, 0.2) is 0 Å². The van der Waals surface area contributed by atoms with E-state index in [2.05, 4.69) is 35.4 Å². The molecule has 74 valence electrons. The van der Waals surface area contributed by atoms with E-state index in [9.17, 15) is 0 Å². The third-order valence-corrected chi connectivity index (χ3v) is 2.50. The van der Waals surface area contributed by atoms with Gasteiger partial charge in [0.1, 0.15) is 6.33 Å². The Morgan fingerprint density at radius 2 is 2.15 bits per heavy atom. The van der Waals surface area contributed by atoms with Gasteiger partial charge in [0, 0.05) is 17.6 Å². The van der Waals surface area contributed by atoms with Crippen molar-refractivity contribution in [2.24, 2.45) is 5.92 Å². The minimum Gasteiger partial charge on any atom is -0.358 e. The first-order chi connectivity index (χ1) is 6.18. The topological polar surface area (TPSA) is 37.8 Å². The van der Waals surface area contributed by atoms with Crippen molar-refractivity contribution in [1.82, 2.24) is 9.36 Å². The van der Waals surface area contributed by atoms with Crippen LogP contribution in [0.4, 0.5) is 5.13 Å². The normalized spacial score (nSPS) is 13.2. The summed E-state index contributed by atoms with van der Waals surface area (Å²) in [5.41, 5.74) is 0. The molecule has 0 bridgehead atoms. The van der Waals surface area contributed by atoms with Gasteiger partial charge in [-0.1, -0.05) is 13.8 Å². The van der Waals surface area contributed by atoms with Gasteiger partial charge in [-0.15, -0.1) is 0 Å². The first kappa shape index (κ1) is 10.4. The van der Waals surface area contributed by atoms with Crippen LogP contribution >= 0.6 is 11.5 Å². The Morgan fingerprint density at radius 3 is 2.69 bits per heavy atom. The summed E-state index contributed by atoms with van der Waals surface area (Å²) in [5.74, 6) is 0.777. The maximum atomic E-state index is 4.08. The molecular weight excluding hydrogens is 182 g/mol. The molecule has 0 aromatic carbocycles. The van der Waals surface area contributed by atoms with Crippen molar-refractivity contribution < 1.29 is 0 Å². The molecule has 3 nitrogen and oxygen atoms in total. The fourth-order valence-corrected chi connectivity index (χ4v) is 1.65. The Kier molecular flexibility index (Phi) is 4.15. The zero-order valence-corrected chi connectivity index (χ0v) is 9.27. The minimum atomic E-state index is 0.496. The van der Waals surface area contributed by atoms with Crippen molar-refractivity contribution in [3.63, 3.8) is 0 Å². The second-order valence-electron chi connectivity index (χ2n) is 3.76. The Labute approximate surface area is 83.8 Å². The summed E-state index contributed by atoms with van der Waals surface area (Å²) in [6.45, 7) is 6.68. The van der Waals surface area contributed by atoms with Crippen LogP contribution in [0.15, 0.2) is 6.33 Å². The number of nitrogens with zero attached hydrogens (tertiary/aromatic N) is 2. The predicted octanol–water partition coefficient (Wildman–Crippen LogP) is 2.77. The number of nitrogens with one attached hydrogen (secondary N) is 1. The van der Waals surface area contributed by atoms with Crippen LogP contribution in [0.2, 0.25) is 0 Å². The van der Waals surface area contributed by atoms with E-state index in [0.29, 0.717) is 6.04 Å². The lowest BCUT2D eigenvalue weighted by Crippen LogP contribution is -2.15. The van der Waals surface area contributed by atoms with E-state index < -0.39 is 0 Å². The number of hydrogen-bond acceptors (Lipinski definition) is 4. The first-order valence-electron chi connectivity index (χ1n) is 4.71. The highest BCUT2D eigenvalue weighted by atomic mass is 32.1. The van der Waals surface area contributed by atoms with E-state index in [1.54, 1.807) is 6.33 Å². The molecule has 1 heterocycles. The maximum Gasteiger partial charge on any atom is 0.202 e. The summed E-state index contributed by atoms with van der Waals surface area (Å²) in [4.78, 5) is 4.08. The molecule has 1 aromatic heterocycles. The first-order valence-corrected chi connectivity index (χ1v) is 5.49. The van der Waals surface area contributed by atoms with Gasteiger partial charge in [0.05, 0.1) is 0 Å². The lowest BCUT2D eigenvalue weighted by atomic mass is 10.0. The molecule has 0 spiro atoms. The van der Waals surface area contributed by atoms with Gasteiger partial charge in [-0.2, -0.15) is 4.37 Å². The number of hydrogen-bond donors (Lipinski definition) is 1. The summed E-state index contributed by atoms with van der Waals surface area (Å²) < 4.78 is 3.94. The van der Waals surface area contributed by atoms with Gasteiger partial charge in [-0.05, 0) is 25.7 Å². The minimum absolute atomic E-state index is 0.496. The van der Waals surface area contributed by atoms with Crippen molar-refractivity contribution >= 4 is 16.7 Å². The second-order valence-corrected chi connectivity index (χ2v) is 4.54. The van der Waals surface area contributed by atoms with E-state index >= 15 is 0 Å². The Balaban J connectivity index is 2.22. The Bertz CT molecular complexity index is 221. The molecule has 0 aliphatic rings. The van der Waals surface area contributed by atoms with Crippen LogP contribution in [-0.4, -0.2) is 15.4 Å². The van der Waals surface area contributed by atoms with Crippen LogP contribution in [0, 0.1) is 5.92 Å². The van der Waals surface area contributed by atoms with E-state index in [1.807, 2.05) is 0 Å². The monoisotopic (exact) mass is 199 g/mol. The molecule has 0 fully saturated rings. The van der Waals surface area contributed by atoms with E-state index in [1.165, 1.54) is 24.4 Å². The molecule has 0 amide bonds. The molecule has 4 heteroatoms. The quantitative estimate of drug-likeness (QED) is 0.792. The highest BCUT2D eigenvalue weighted by molar-refractivity contribution is 7.09. The lowest BCUT2D eigenvalue weighted by Gasteiger charge is -2.13. The van der Waals surface area contributed by atoms with Crippen LogP contribution in [0.25, 0.3) is 0 Å². The summed E-state index contributed by atoms with van der Waals surface area (Å²) in [6.07, 6.45) is 4.03. The van der Waals surface area contributed by atoms with Crippen molar-refractivity contribution in [2.45, 2.75) is 39.7 Å². The largest absolute Gasteiger partial charge is 0.358 e. The zero-order chi connectivity index (χ0) is 9.68. The average Bonchev–Trinajstić information content (AvgIpc) is 2.53. The molecule has 0 saturated carbocycles. The summed E-state index contributed by atoms with van der Waals surface area (Å²) >= 11 is 1.41. The van der Waals surface area contributed by atoms with Crippen LogP contribution in [0.1, 0.15) is 33.6 Å². The van der Waals surface area contributed by atoms with E-state index in [-0.39, 0.29) is 0 Å². The molecule has 1 rings (SSSR count). The summed E-state index contributed by atoms with van der Waals surface area (Å²) in [6, 6.07) is 0.496. The van der Waals surface area contributed by atoms with Crippen molar-refractivity contribution in [3.8, 4) is 0 Å². The van der Waals surface area contributed by atoms with Crippen LogP contribution in [0.3, 0.4) is 0 Å². The fourth-order valence-electron chi connectivity index (χ4n) is 1.10. The molecule has 0 aliphatic carbocycles. The predicted molar refractivity (Wildman–Crippen MR) is 57.1 cm³/mol. The molecule has 1 atom stereocenters. The Morgan fingerprint density at radius 1 is 1.38 bits per heavy atom. The fraction of sp³-hybridized carbons (Fsp3) is 0.778. The third kappa shape index (κ3) is 4.22. The third-order valence-electron chi connectivity index (χ3n) is 1.91. The van der Waals surface area contributed by atoms with Gasteiger partial charge in [0.25, 0.3) is 0 Å². The molecule has 0 saturated heterocycles. The number of aromatic nitrogens is 2. The molecule has 0 radical (unpaired) electrons. The van der Waals surface area contributed by atoms with Gasteiger partial charge in [-0.3, -0.25) is 0 Å². The molecule has 0 aliphatic heterocycles. The molecule has 13 heavy (non-hydrogen) atoms. The second kappa shape index (κ2) is 5.17. The maximum absolute atomic E-state index is 4.08. The lowest BCUT2D eigenvalue weighted by molar-refractivity contribution is 0.527. The SMILES string of the molecule is CC(C)CCC(C)Nc1ncns1. The van der Waals surface area contributed by atoms with Crippen molar-refractivity contribution in [2.75, 3.05) is 5.32 Å². The molecular formula is C9H17N3S. The summed E-state index contributed by atoms with van der Waals surface area (Å²) in [7, 11) is 0. The van der Waals surface area contributed by atoms with Gasteiger partial charge in [0.2, 0.25) is 5.13 Å². The molecule has 1 aromatic rings. The van der Waals surface area contributed by atoms with Crippen LogP contribution in [-0.2, 0) is 0 Å². The van der Waals surface area contributed by atoms with E-state index in [0.717, 1.165) is 11.0 Å². The van der Waals surface area contributed by atoms with Gasteiger partial charge < -0.3 is 5.32 Å². The highest BCUT2D eigenvalue weighted by Crippen LogP contribution is 2.13. The Hall–Kier alpha value is -0.640. The summed E-state index contributed by atoms with van der Waals surface area (Å²) in [5, 5.41) is 4.25. The van der Waals surface area contributed by atoms with Crippen molar-refractivity contribution in [3.05, 3.63) is 6.33 Å². The zero-order valence-electron chi connectivity index (χ0n) is 8.45. The molecule has 1 N–H and O–H groups in total. The standard InChI is InChI=1S/C9H17N3S/c1-7(2)4-5-8(3)12-9-10-6-11-13-9/h6-8H,4-5H2,1-3H3,(H,10,11,12). The van der Waals surface area contributed by atoms with Crippen LogP contribution < -0.4 is 5.32 Å². The van der Waals surface area contributed by atoms with E-state index in [4.69, 9.17) is 0 Å². The van der Waals surface area contributed by atoms with Gasteiger partial charge in [-0.25, -0.2) is 4.98 Å². The highest BCUT2D eigenvalue weighted by Gasteiger charge is 2.04. The number of rotatable bonds is 5. The number of anilines is 1. The molecule has 1 unspecified atom stereocenters. The smallest absolute Gasteiger partial charge is 0.202 e. The van der Waals surface area contributed by atoms with Gasteiger partial charge >= 0.3 is 0 Å². The van der Waals surface area contributed by atoms with Crippen LogP contribution in [0.5, 0.6) is 0 Å². The average molecular weight is 199 g/mol.